The molecule has 190 valence electrons. The first-order chi connectivity index (χ1) is 17.6. The number of benzene rings is 2. The zero-order valence-corrected chi connectivity index (χ0v) is 19.8. The van der Waals surface area contributed by atoms with Crippen LogP contribution in [0.4, 0.5) is 30.4 Å². The second-order valence-corrected chi connectivity index (χ2v) is 8.10. The first-order valence-electron chi connectivity index (χ1n) is 10.7. The SMILES string of the molecule is Cc1ccc(NC(=O)c2cc(CNC(=O)c3ncnc(Nc4ccccc4)c3Cl)no2)cc1C(F)(F)F. The van der Waals surface area contributed by atoms with Gasteiger partial charge in [0.15, 0.2) is 11.5 Å². The Labute approximate surface area is 213 Å². The van der Waals surface area contributed by atoms with Gasteiger partial charge in [-0.05, 0) is 36.8 Å². The summed E-state index contributed by atoms with van der Waals surface area (Å²) in [5.41, 5.74) is -0.0926. The van der Waals surface area contributed by atoms with Gasteiger partial charge in [0.1, 0.15) is 17.0 Å². The summed E-state index contributed by atoms with van der Waals surface area (Å²) in [5, 5.41) is 11.6. The van der Waals surface area contributed by atoms with E-state index in [0.29, 0.717) is 5.69 Å². The van der Waals surface area contributed by atoms with Crippen LogP contribution in [0.2, 0.25) is 5.02 Å². The number of para-hydroxylation sites is 1. The standard InChI is InChI=1S/C24H18ClF3N6O3/c1-13-7-8-15(9-17(13)24(26,27)28)33-22(35)18-10-16(34-37-18)11-29-23(36)20-19(25)21(31-12-30-20)32-14-5-3-2-4-6-14/h2-10,12H,11H2,1H3,(H,29,36)(H,33,35)(H,30,31,32). The van der Waals surface area contributed by atoms with Crippen molar-refractivity contribution < 1.29 is 27.3 Å². The fourth-order valence-corrected chi connectivity index (χ4v) is 3.46. The van der Waals surface area contributed by atoms with Crippen molar-refractivity contribution in [2.45, 2.75) is 19.6 Å². The summed E-state index contributed by atoms with van der Waals surface area (Å²) in [6.45, 7) is 1.18. The number of aryl methyl sites for hydroxylation is 1. The van der Waals surface area contributed by atoms with E-state index in [0.717, 1.165) is 6.07 Å². The van der Waals surface area contributed by atoms with Gasteiger partial charge in [0.25, 0.3) is 11.8 Å². The lowest BCUT2D eigenvalue weighted by molar-refractivity contribution is -0.138. The van der Waals surface area contributed by atoms with Gasteiger partial charge in [0, 0.05) is 17.4 Å². The lowest BCUT2D eigenvalue weighted by Crippen LogP contribution is -2.24. The van der Waals surface area contributed by atoms with Crippen LogP contribution in [-0.2, 0) is 12.7 Å². The molecule has 0 atom stereocenters. The predicted molar refractivity (Wildman–Crippen MR) is 129 cm³/mol. The molecule has 2 heterocycles. The third-order valence-electron chi connectivity index (χ3n) is 5.05. The Morgan fingerprint density at radius 3 is 2.49 bits per heavy atom. The number of amides is 2. The number of nitrogens with one attached hydrogen (secondary N) is 3. The summed E-state index contributed by atoms with van der Waals surface area (Å²) in [6, 6.07) is 13.7. The number of carbonyl (C=O) groups is 2. The Bertz CT molecular complexity index is 1440. The van der Waals surface area contributed by atoms with Crippen LogP contribution in [0.1, 0.15) is 37.9 Å². The van der Waals surface area contributed by atoms with Gasteiger partial charge in [0.05, 0.1) is 12.1 Å². The molecule has 0 spiro atoms. The van der Waals surface area contributed by atoms with Crippen molar-refractivity contribution in [1.82, 2.24) is 20.4 Å². The van der Waals surface area contributed by atoms with Crippen molar-refractivity contribution in [3.8, 4) is 0 Å². The minimum Gasteiger partial charge on any atom is -0.351 e. The van der Waals surface area contributed by atoms with E-state index < -0.39 is 23.6 Å². The maximum absolute atomic E-state index is 13.1. The molecule has 0 fully saturated rings. The lowest BCUT2D eigenvalue weighted by atomic mass is 10.1. The van der Waals surface area contributed by atoms with Crippen molar-refractivity contribution in [3.05, 3.63) is 94.2 Å². The first-order valence-corrected chi connectivity index (χ1v) is 11.0. The topological polar surface area (TPSA) is 122 Å². The van der Waals surface area contributed by atoms with Crippen LogP contribution in [0.25, 0.3) is 0 Å². The summed E-state index contributed by atoms with van der Waals surface area (Å²) < 4.78 is 44.3. The van der Waals surface area contributed by atoms with Crippen molar-refractivity contribution in [1.29, 1.82) is 0 Å². The van der Waals surface area contributed by atoms with E-state index in [2.05, 4.69) is 31.1 Å². The van der Waals surface area contributed by atoms with Crippen LogP contribution in [0, 0.1) is 6.92 Å². The van der Waals surface area contributed by atoms with Crippen LogP contribution in [-0.4, -0.2) is 26.9 Å². The summed E-state index contributed by atoms with van der Waals surface area (Å²) in [6.07, 6.45) is -3.38. The van der Waals surface area contributed by atoms with E-state index in [-0.39, 0.29) is 45.8 Å². The number of hydrogen-bond donors (Lipinski definition) is 3. The van der Waals surface area contributed by atoms with E-state index in [4.69, 9.17) is 16.1 Å². The highest BCUT2D eigenvalue weighted by molar-refractivity contribution is 6.35. The summed E-state index contributed by atoms with van der Waals surface area (Å²) >= 11 is 6.30. The summed E-state index contributed by atoms with van der Waals surface area (Å²) in [7, 11) is 0. The molecule has 2 aromatic carbocycles. The molecule has 0 aliphatic rings. The third kappa shape index (κ3) is 6.22. The lowest BCUT2D eigenvalue weighted by Gasteiger charge is -2.12. The highest BCUT2D eigenvalue weighted by atomic mass is 35.5. The van der Waals surface area contributed by atoms with Gasteiger partial charge >= 0.3 is 6.18 Å². The number of halogens is 4. The van der Waals surface area contributed by atoms with Gasteiger partial charge in [-0.1, -0.05) is 41.0 Å². The van der Waals surface area contributed by atoms with Crippen LogP contribution in [0.3, 0.4) is 0 Å². The first kappa shape index (κ1) is 25.6. The molecule has 0 aliphatic heterocycles. The van der Waals surface area contributed by atoms with Crippen molar-refractivity contribution in [2.75, 3.05) is 10.6 Å². The zero-order valence-electron chi connectivity index (χ0n) is 19.1. The Morgan fingerprint density at radius 1 is 1.00 bits per heavy atom. The summed E-state index contributed by atoms with van der Waals surface area (Å²) in [4.78, 5) is 33.0. The minimum absolute atomic E-state index is 0.000367. The maximum Gasteiger partial charge on any atom is 0.416 e. The van der Waals surface area contributed by atoms with Gasteiger partial charge in [-0.25, -0.2) is 9.97 Å². The smallest absolute Gasteiger partial charge is 0.351 e. The number of hydrogen-bond acceptors (Lipinski definition) is 7. The average Bonchev–Trinajstić information content (AvgIpc) is 3.34. The number of rotatable bonds is 7. The molecule has 0 aliphatic carbocycles. The van der Waals surface area contributed by atoms with Crippen molar-refractivity contribution in [3.63, 3.8) is 0 Å². The third-order valence-corrected chi connectivity index (χ3v) is 5.41. The van der Waals surface area contributed by atoms with Crippen LogP contribution < -0.4 is 16.0 Å². The number of aromatic nitrogens is 3. The highest BCUT2D eigenvalue weighted by Crippen LogP contribution is 2.33. The number of alkyl halides is 3. The molecular formula is C24H18ClF3N6O3. The molecule has 4 rings (SSSR count). The molecule has 0 unspecified atom stereocenters. The number of anilines is 3. The zero-order chi connectivity index (χ0) is 26.6. The van der Waals surface area contributed by atoms with E-state index in [1.807, 2.05) is 18.2 Å². The Hall–Kier alpha value is -4.45. The van der Waals surface area contributed by atoms with Crippen LogP contribution >= 0.6 is 11.6 Å². The van der Waals surface area contributed by atoms with Gasteiger partial charge in [-0.2, -0.15) is 13.2 Å². The molecule has 2 amide bonds. The minimum atomic E-state index is -4.56. The summed E-state index contributed by atoms with van der Waals surface area (Å²) in [5.74, 6) is -1.46. The van der Waals surface area contributed by atoms with Gasteiger partial charge in [-0.15, -0.1) is 0 Å². The van der Waals surface area contributed by atoms with Crippen molar-refractivity contribution >= 4 is 40.6 Å². The molecule has 3 N–H and O–H groups in total. The Kier molecular flexibility index (Phi) is 7.39. The molecule has 0 radical (unpaired) electrons. The Balaban J connectivity index is 1.38. The average molecular weight is 531 g/mol. The molecule has 37 heavy (non-hydrogen) atoms. The molecule has 4 aromatic rings. The molecule has 0 bridgehead atoms. The van der Waals surface area contributed by atoms with Gasteiger partial charge in [-0.3, -0.25) is 9.59 Å². The fraction of sp³-hybridized carbons (Fsp3) is 0.125. The molecule has 0 saturated heterocycles. The molecule has 13 heteroatoms. The van der Waals surface area contributed by atoms with E-state index in [9.17, 15) is 22.8 Å². The molecular weight excluding hydrogens is 513 g/mol. The van der Waals surface area contributed by atoms with Gasteiger partial charge in [0.2, 0.25) is 5.76 Å². The second kappa shape index (κ2) is 10.7. The molecule has 0 saturated carbocycles. The maximum atomic E-state index is 13.1. The van der Waals surface area contributed by atoms with Crippen LogP contribution in [0.5, 0.6) is 0 Å². The van der Waals surface area contributed by atoms with Crippen molar-refractivity contribution in [2.24, 2.45) is 0 Å². The number of nitrogens with zero attached hydrogens (tertiary/aromatic N) is 3. The highest BCUT2D eigenvalue weighted by Gasteiger charge is 2.32. The van der Waals surface area contributed by atoms with Gasteiger partial charge < -0.3 is 20.5 Å². The second-order valence-electron chi connectivity index (χ2n) is 7.72. The molecule has 2 aromatic heterocycles. The molecule has 9 nitrogen and oxygen atoms in total. The van der Waals surface area contributed by atoms with E-state index in [1.54, 1.807) is 12.1 Å². The number of carbonyl (C=O) groups excluding carboxylic acids is 2. The largest absolute Gasteiger partial charge is 0.416 e. The van der Waals surface area contributed by atoms with Crippen LogP contribution in [0.15, 0.2) is 65.4 Å². The Morgan fingerprint density at radius 2 is 1.76 bits per heavy atom. The normalized spacial score (nSPS) is 11.2. The predicted octanol–water partition coefficient (Wildman–Crippen LogP) is 5.37. The fourth-order valence-electron chi connectivity index (χ4n) is 3.23. The van der Waals surface area contributed by atoms with E-state index >= 15 is 0 Å². The monoisotopic (exact) mass is 530 g/mol. The van der Waals surface area contributed by atoms with E-state index in [1.165, 1.54) is 31.5 Å². The quantitative estimate of drug-likeness (QED) is 0.293.